The molecule has 1 rings (SSSR count). The van der Waals surface area contributed by atoms with E-state index < -0.39 is 10.0 Å². The van der Waals surface area contributed by atoms with Crippen LogP contribution in [0.15, 0.2) is 35.7 Å². The first-order valence-corrected chi connectivity index (χ1v) is 7.51. The Hall–Kier alpha value is -2.10. The van der Waals surface area contributed by atoms with Crippen LogP contribution >= 0.6 is 0 Å². The van der Waals surface area contributed by atoms with Gasteiger partial charge in [0.25, 0.3) is 0 Å². The summed E-state index contributed by atoms with van der Waals surface area (Å²) in [6.45, 7) is 0.164. The van der Waals surface area contributed by atoms with Gasteiger partial charge in [-0.2, -0.15) is 0 Å². The molecule has 106 valence electrons. The fourth-order valence-electron chi connectivity index (χ4n) is 1.33. The fraction of sp³-hybridized carbons (Fsp3) is 0.214. The largest absolute Gasteiger partial charge is 0.345 e. The van der Waals surface area contributed by atoms with E-state index in [9.17, 15) is 13.2 Å². The molecule has 0 atom stereocenters. The second-order valence-corrected chi connectivity index (χ2v) is 5.53. The standard InChI is InChI=1S/C14H16N2O3S/c1-2-10-15-14(17)8-11-16-20(18,19)12-9-13-6-4-3-5-7-13/h1,3-7,9,12,16H,8,10-11H2,(H,15,17). The van der Waals surface area contributed by atoms with Crippen molar-refractivity contribution in [1.82, 2.24) is 10.0 Å². The molecule has 0 aromatic heterocycles. The van der Waals surface area contributed by atoms with E-state index in [1.807, 2.05) is 18.2 Å². The van der Waals surface area contributed by atoms with Crippen molar-refractivity contribution in [3.8, 4) is 12.3 Å². The normalized spacial score (nSPS) is 11.2. The number of nitrogens with one attached hydrogen (secondary N) is 2. The van der Waals surface area contributed by atoms with E-state index in [-0.39, 0.29) is 25.4 Å². The zero-order valence-electron chi connectivity index (χ0n) is 10.9. The van der Waals surface area contributed by atoms with Crippen molar-refractivity contribution in [3.63, 3.8) is 0 Å². The Morgan fingerprint density at radius 1 is 1.30 bits per heavy atom. The molecule has 0 bridgehead atoms. The molecule has 0 fully saturated rings. The zero-order chi connectivity index (χ0) is 14.8. The quantitative estimate of drug-likeness (QED) is 0.727. The monoisotopic (exact) mass is 292 g/mol. The van der Waals surface area contributed by atoms with Gasteiger partial charge in [0.2, 0.25) is 15.9 Å². The van der Waals surface area contributed by atoms with Crippen LogP contribution in [0.1, 0.15) is 12.0 Å². The van der Waals surface area contributed by atoms with Crippen LogP contribution in [0.25, 0.3) is 6.08 Å². The van der Waals surface area contributed by atoms with Crippen LogP contribution in [0, 0.1) is 12.3 Å². The van der Waals surface area contributed by atoms with Gasteiger partial charge in [-0.05, 0) is 11.6 Å². The molecule has 6 heteroatoms. The average Bonchev–Trinajstić information content (AvgIpc) is 2.44. The minimum absolute atomic E-state index is 0.0257. The topological polar surface area (TPSA) is 75.3 Å². The highest BCUT2D eigenvalue weighted by molar-refractivity contribution is 7.92. The molecular weight excluding hydrogens is 276 g/mol. The van der Waals surface area contributed by atoms with Crippen molar-refractivity contribution in [3.05, 3.63) is 41.3 Å². The van der Waals surface area contributed by atoms with Crippen LogP contribution in [0.4, 0.5) is 0 Å². The Kier molecular flexibility index (Phi) is 6.50. The summed E-state index contributed by atoms with van der Waals surface area (Å²) in [5, 5.41) is 3.52. The summed E-state index contributed by atoms with van der Waals surface area (Å²) in [7, 11) is -3.55. The van der Waals surface area contributed by atoms with E-state index in [2.05, 4.69) is 16.0 Å². The third-order valence-corrected chi connectivity index (χ3v) is 3.38. The Balaban J connectivity index is 2.41. The van der Waals surface area contributed by atoms with E-state index in [1.165, 1.54) is 6.08 Å². The molecule has 0 aliphatic carbocycles. The molecule has 0 saturated carbocycles. The van der Waals surface area contributed by atoms with Crippen molar-refractivity contribution in [2.45, 2.75) is 6.42 Å². The smallest absolute Gasteiger partial charge is 0.233 e. The number of carbonyl (C=O) groups is 1. The lowest BCUT2D eigenvalue weighted by molar-refractivity contribution is -0.120. The third-order valence-electron chi connectivity index (χ3n) is 2.28. The lowest BCUT2D eigenvalue weighted by Gasteiger charge is -2.03. The Morgan fingerprint density at radius 3 is 2.65 bits per heavy atom. The van der Waals surface area contributed by atoms with E-state index in [1.54, 1.807) is 12.1 Å². The Labute approximate surface area is 119 Å². The number of sulfonamides is 1. The second kappa shape index (κ2) is 8.15. The van der Waals surface area contributed by atoms with Crippen molar-refractivity contribution in [2.24, 2.45) is 0 Å². The predicted molar refractivity (Wildman–Crippen MR) is 78.9 cm³/mol. The zero-order valence-corrected chi connectivity index (χ0v) is 11.7. The number of terminal acetylenes is 1. The average molecular weight is 292 g/mol. The van der Waals surface area contributed by atoms with Crippen LogP contribution in [-0.2, 0) is 14.8 Å². The van der Waals surface area contributed by atoms with Gasteiger partial charge in [0.05, 0.1) is 6.54 Å². The summed E-state index contributed by atoms with van der Waals surface area (Å²) in [4.78, 5) is 11.2. The van der Waals surface area contributed by atoms with Crippen LogP contribution in [-0.4, -0.2) is 27.4 Å². The summed E-state index contributed by atoms with van der Waals surface area (Å²) in [5.74, 6) is 1.97. The first-order chi connectivity index (χ1) is 9.53. The maximum atomic E-state index is 11.6. The lowest BCUT2D eigenvalue weighted by Crippen LogP contribution is -2.29. The number of carbonyl (C=O) groups excluding carboxylic acids is 1. The van der Waals surface area contributed by atoms with Gasteiger partial charge >= 0.3 is 0 Å². The third kappa shape index (κ3) is 6.73. The highest BCUT2D eigenvalue weighted by Gasteiger charge is 2.06. The number of hydrogen-bond donors (Lipinski definition) is 2. The highest BCUT2D eigenvalue weighted by atomic mass is 32.2. The summed E-state index contributed by atoms with van der Waals surface area (Å²) >= 11 is 0. The molecule has 0 unspecified atom stereocenters. The van der Waals surface area contributed by atoms with Gasteiger partial charge in [-0.25, -0.2) is 13.1 Å². The maximum absolute atomic E-state index is 11.6. The lowest BCUT2D eigenvalue weighted by atomic mass is 10.2. The molecule has 0 aliphatic rings. The first-order valence-electron chi connectivity index (χ1n) is 5.96. The SMILES string of the molecule is C#CCNC(=O)CCNS(=O)(=O)C=Cc1ccccc1. The van der Waals surface area contributed by atoms with Crippen LogP contribution in [0.2, 0.25) is 0 Å². The summed E-state index contributed by atoms with van der Waals surface area (Å²) in [6.07, 6.45) is 6.51. The van der Waals surface area contributed by atoms with Gasteiger partial charge in [-0.15, -0.1) is 6.42 Å². The summed E-state index contributed by atoms with van der Waals surface area (Å²) < 4.78 is 25.6. The molecule has 20 heavy (non-hydrogen) atoms. The molecule has 0 saturated heterocycles. The molecule has 1 aromatic carbocycles. The van der Waals surface area contributed by atoms with Crippen molar-refractivity contribution in [1.29, 1.82) is 0 Å². The van der Waals surface area contributed by atoms with Crippen LogP contribution in [0.3, 0.4) is 0 Å². The molecule has 1 aromatic rings. The molecule has 0 spiro atoms. The van der Waals surface area contributed by atoms with Gasteiger partial charge in [0.1, 0.15) is 0 Å². The van der Waals surface area contributed by atoms with Gasteiger partial charge in [0.15, 0.2) is 0 Å². The first kappa shape index (κ1) is 16.0. The van der Waals surface area contributed by atoms with E-state index in [4.69, 9.17) is 6.42 Å². The molecule has 1 amide bonds. The molecule has 0 aliphatic heterocycles. The van der Waals surface area contributed by atoms with Crippen molar-refractivity contribution in [2.75, 3.05) is 13.1 Å². The van der Waals surface area contributed by atoms with Gasteiger partial charge in [-0.1, -0.05) is 36.3 Å². The van der Waals surface area contributed by atoms with Crippen LogP contribution < -0.4 is 10.0 Å². The van der Waals surface area contributed by atoms with E-state index in [0.29, 0.717) is 0 Å². The van der Waals surface area contributed by atoms with E-state index in [0.717, 1.165) is 11.0 Å². The minimum atomic E-state index is -3.55. The van der Waals surface area contributed by atoms with Crippen LogP contribution in [0.5, 0.6) is 0 Å². The fourth-order valence-corrected chi connectivity index (χ4v) is 2.14. The number of amides is 1. The Morgan fingerprint density at radius 2 is 2.00 bits per heavy atom. The molecular formula is C14H16N2O3S. The summed E-state index contributed by atoms with van der Waals surface area (Å²) in [6, 6.07) is 9.06. The summed E-state index contributed by atoms with van der Waals surface area (Å²) in [5.41, 5.74) is 0.782. The van der Waals surface area contributed by atoms with E-state index >= 15 is 0 Å². The number of benzene rings is 1. The molecule has 0 heterocycles. The molecule has 5 nitrogen and oxygen atoms in total. The Bertz CT molecular complexity index is 601. The molecule has 0 radical (unpaired) electrons. The highest BCUT2D eigenvalue weighted by Crippen LogP contribution is 2.02. The van der Waals surface area contributed by atoms with Crippen molar-refractivity contribution < 1.29 is 13.2 Å². The van der Waals surface area contributed by atoms with Crippen molar-refractivity contribution >= 4 is 22.0 Å². The van der Waals surface area contributed by atoms with Gasteiger partial charge < -0.3 is 5.32 Å². The maximum Gasteiger partial charge on any atom is 0.233 e. The number of rotatable bonds is 7. The second-order valence-electron chi connectivity index (χ2n) is 3.88. The minimum Gasteiger partial charge on any atom is -0.345 e. The van der Waals surface area contributed by atoms with Gasteiger partial charge in [-0.3, -0.25) is 4.79 Å². The predicted octanol–water partition coefficient (Wildman–Crippen LogP) is 0.716. The number of hydrogen-bond acceptors (Lipinski definition) is 3. The van der Waals surface area contributed by atoms with Gasteiger partial charge in [0, 0.05) is 18.4 Å². The molecule has 2 N–H and O–H groups in total.